The van der Waals surface area contributed by atoms with E-state index in [1.807, 2.05) is 13.1 Å². The normalized spacial score (nSPS) is 14.8. The largest absolute Gasteiger partial charge is 0.469 e. The lowest BCUT2D eigenvalue weighted by atomic mass is 9.98. The van der Waals surface area contributed by atoms with Gasteiger partial charge in [-0.25, -0.2) is 4.98 Å². The number of benzene rings is 1. The minimum atomic E-state index is -0.345. The van der Waals surface area contributed by atoms with Crippen LogP contribution in [0.25, 0.3) is 11.0 Å². The summed E-state index contributed by atoms with van der Waals surface area (Å²) in [4.78, 5) is 30.5. The SMILES string of the molecule is COC(=O)CCNC(=O)c1ccc2c(c1)nc(N(C)CC1CCNCC1)n2C. The Morgan fingerprint density at radius 1 is 1.36 bits per heavy atom. The molecule has 1 aliphatic rings. The standard InChI is InChI=1S/C20H29N5O3/c1-24(13-14-6-9-21-10-7-14)20-23-16-12-15(4-5-17(16)25(20)2)19(27)22-11-8-18(26)28-3/h4-5,12,14,21H,6-11,13H2,1-3H3,(H,22,27). The number of hydrogen-bond donors (Lipinski definition) is 2. The molecule has 0 radical (unpaired) electrons. The lowest BCUT2D eigenvalue weighted by Crippen LogP contribution is -2.35. The Hall–Kier alpha value is -2.61. The van der Waals surface area contributed by atoms with Crippen molar-refractivity contribution in [1.82, 2.24) is 20.2 Å². The number of aryl methyl sites for hydroxylation is 1. The average Bonchev–Trinajstić information content (AvgIpc) is 3.04. The molecule has 0 aliphatic carbocycles. The molecule has 1 saturated heterocycles. The predicted octanol–water partition coefficient (Wildman–Crippen LogP) is 1.30. The van der Waals surface area contributed by atoms with Crippen molar-refractivity contribution in [3.05, 3.63) is 23.8 Å². The molecule has 1 aliphatic heterocycles. The maximum atomic E-state index is 12.3. The molecule has 2 heterocycles. The van der Waals surface area contributed by atoms with Gasteiger partial charge in [-0.3, -0.25) is 9.59 Å². The lowest BCUT2D eigenvalue weighted by molar-refractivity contribution is -0.140. The monoisotopic (exact) mass is 387 g/mol. The summed E-state index contributed by atoms with van der Waals surface area (Å²) in [7, 11) is 5.41. The van der Waals surface area contributed by atoms with Crippen molar-refractivity contribution in [3.8, 4) is 0 Å². The van der Waals surface area contributed by atoms with Gasteiger partial charge in [0, 0.05) is 32.7 Å². The molecule has 1 aromatic carbocycles. The van der Waals surface area contributed by atoms with E-state index in [0.29, 0.717) is 11.5 Å². The van der Waals surface area contributed by atoms with Gasteiger partial charge in [-0.2, -0.15) is 0 Å². The van der Waals surface area contributed by atoms with Crippen molar-refractivity contribution in [2.24, 2.45) is 13.0 Å². The maximum absolute atomic E-state index is 12.3. The Kier molecular flexibility index (Phi) is 6.51. The number of nitrogens with one attached hydrogen (secondary N) is 2. The van der Waals surface area contributed by atoms with E-state index in [2.05, 4.69) is 31.9 Å². The molecule has 0 spiro atoms. The van der Waals surface area contributed by atoms with Gasteiger partial charge in [-0.15, -0.1) is 0 Å². The van der Waals surface area contributed by atoms with Gasteiger partial charge in [0.05, 0.1) is 24.6 Å². The number of ether oxygens (including phenoxy) is 1. The van der Waals surface area contributed by atoms with Gasteiger partial charge < -0.3 is 24.8 Å². The molecule has 0 unspecified atom stereocenters. The molecule has 0 atom stereocenters. The number of aromatic nitrogens is 2. The molecule has 2 aromatic rings. The summed E-state index contributed by atoms with van der Waals surface area (Å²) in [6.07, 6.45) is 2.52. The second-order valence-corrected chi connectivity index (χ2v) is 7.33. The predicted molar refractivity (Wildman–Crippen MR) is 109 cm³/mol. The summed E-state index contributed by atoms with van der Waals surface area (Å²) in [5, 5.41) is 6.14. The molecule has 28 heavy (non-hydrogen) atoms. The van der Waals surface area contributed by atoms with E-state index >= 15 is 0 Å². The fraction of sp³-hybridized carbons (Fsp3) is 0.550. The molecule has 8 nitrogen and oxygen atoms in total. The van der Waals surface area contributed by atoms with Gasteiger partial charge in [0.15, 0.2) is 0 Å². The van der Waals surface area contributed by atoms with E-state index in [4.69, 9.17) is 4.98 Å². The van der Waals surface area contributed by atoms with Crippen LogP contribution in [0.3, 0.4) is 0 Å². The minimum Gasteiger partial charge on any atom is -0.469 e. The van der Waals surface area contributed by atoms with Gasteiger partial charge in [-0.05, 0) is 50.0 Å². The number of anilines is 1. The molecular weight excluding hydrogens is 358 g/mol. The molecule has 2 N–H and O–H groups in total. The second-order valence-electron chi connectivity index (χ2n) is 7.33. The number of carbonyl (C=O) groups excluding carboxylic acids is 2. The summed E-state index contributed by atoms with van der Waals surface area (Å²) < 4.78 is 6.64. The molecule has 0 bridgehead atoms. The van der Waals surface area contributed by atoms with E-state index in [-0.39, 0.29) is 24.8 Å². The highest BCUT2D eigenvalue weighted by molar-refractivity contribution is 5.97. The van der Waals surface area contributed by atoms with E-state index in [1.54, 1.807) is 12.1 Å². The number of carbonyl (C=O) groups is 2. The van der Waals surface area contributed by atoms with Crippen molar-refractivity contribution in [1.29, 1.82) is 0 Å². The smallest absolute Gasteiger partial charge is 0.307 e. The van der Waals surface area contributed by atoms with Gasteiger partial charge in [0.25, 0.3) is 5.91 Å². The van der Waals surface area contributed by atoms with Crippen LogP contribution in [0.2, 0.25) is 0 Å². The van der Waals surface area contributed by atoms with E-state index in [1.165, 1.54) is 20.0 Å². The quantitative estimate of drug-likeness (QED) is 0.697. The summed E-state index contributed by atoms with van der Waals surface area (Å²) in [5.41, 5.74) is 2.30. The summed E-state index contributed by atoms with van der Waals surface area (Å²) in [5.74, 6) is 1.00. The van der Waals surface area contributed by atoms with E-state index in [0.717, 1.165) is 36.6 Å². The molecule has 3 rings (SSSR count). The van der Waals surface area contributed by atoms with E-state index < -0.39 is 0 Å². The van der Waals surface area contributed by atoms with Crippen molar-refractivity contribution in [3.63, 3.8) is 0 Å². The zero-order valence-electron chi connectivity index (χ0n) is 16.8. The topological polar surface area (TPSA) is 88.5 Å². The number of rotatable bonds is 7. The van der Waals surface area contributed by atoms with E-state index in [9.17, 15) is 9.59 Å². The highest BCUT2D eigenvalue weighted by Crippen LogP contribution is 2.23. The first-order chi connectivity index (χ1) is 13.5. The van der Waals surface area contributed by atoms with Gasteiger partial charge in [0.1, 0.15) is 0 Å². The molecule has 0 saturated carbocycles. The van der Waals surface area contributed by atoms with Gasteiger partial charge in [0.2, 0.25) is 5.95 Å². The Balaban J connectivity index is 1.70. The number of methoxy groups -OCH3 is 1. The van der Waals surface area contributed by atoms with Crippen LogP contribution >= 0.6 is 0 Å². The Labute approximate surface area is 165 Å². The summed E-state index contributed by atoms with van der Waals surface area (Å²) in [6, 6.07) is 5.50. The highest BCUT2D eigenvalue weighted by Gasteiger charge is 2.19. The molecule has 8 heteroatoms. The second kappa shape index (κ2) is 9.05. The number of piperidine rings is 1. The number of esters is 1. The first-order valence-electron chi connectivity index (χ1n) is 9.73. The highest BCUT2D eigenvalue weighted by atomic mass is 16.5. The number of fused-ring (bicyclic) bond motifs is 1. The molecule has 1 fully saturated rings. The molecule has 152 valence electrons. The Morgan fingerprint density at radius 2 is 2.11 bits per heavy atom. The fourth-order valence-corrected chi connectivity index (χ4v) is 3.69. The first kappa shape index (κ1) is 20.1. The molecule has 1 aromatic heterocycles. The first-order valence-corrected chi connectivity index (χ1v) is 9.73. The number of imidazole rings is 1. The van der Waals surface area contributed by atoms with Crippen LogP contribution in [0, 0.1) is 5.92 Å². The number of nitrogens with zero attached hydrogens (tertiary/aromatic N) is 3. The van der Waals surface area contributed by atoms with Crippen molar-refractivity contribution >= 4 is 28.9 Å². The van der Waals surface area contributed by atoms with Crippen molar-refractivity contribution < 1.29 is 14.3 Å². The van der Waals surface area contributed by atoms with Crippen LogP contribution < -0.4 is 15.5 Å². The fourth-order valence-electron chi connectivity index (χ4n) is 3.69. The van der Waals surface area contributed by atoms with Gasteiger partial charge in [-0.1, -0.05) is 0 Å². The van der Waals surface area contributed by atoms with Crippen LogP contribution in [-0.2, 0) is 16.6 Å². The van der Waals surface area contributed by atoms with Crippen LogP contribution in [-0.4, -0.2) is 61.8 Å². The summed E-state index contributed by atoms with van der Waals surface area (Å²) in [6.45, 7) is 3.38. The molecular formula is C20H29N5O3. The van der Waals surface area contributed by atoms with Crippen LogP contribution in [0.4, 0.5) is 5.95 Å². The molecule has 1 amide bonds. The Morgan fingerprint density at radius 3 is 2.82 bits per heavy atom. The van der Waals surface area contributed by atoms with Crippen molar-refractivity contribution in [2.45, 2.75) is 19.3 Å². The number of amides is 1. The maximum Gasteiger partial charge on any atom is 0.307 e. The zero-order valence-corrected chi connectivity index (χ0v) is 16.8. The third kappa shape index (κ3) is 4.62. The van der Waals surface area contributed by atoms with Crippen molar-refractivity contribution in [2.75, 3.05) is 45.2 Å². The zero-order chi connectivity index (χ0) is 20.1. The number of hydrogen-bond acceptors (Lipinski definition) is 6. The van der Waals surface area contributed by atoms with Crippen LogP contribution in [0.5, 0.6) is 0 Å². The average molecular weight is 387 g/mol. The van der Waals surface area contributed by atoms with Gasteiger partial charge >= 0.3 is 5.97 Å². The lowest BCUT2D eigenvalue weighted by Gasteiger charge is -2.28. The van der Waals surface area contributed by atoms with Crippen LogP contribution in [0.15, 0.2) is 18.2 Å². The third-order valence-corrected chi connectivity index (χ3v) is 5.29. The van der Waals surface area contributed by atoms with Crippen LogP contribution in [0.1, 0.15) is 29.6 Å². The summed E-state index contributed by atoms with van der Waals surface area (Å²) >= 11 is 0. The minimum absolute atomic E-state index is 0.152. The third-order valence-electron chi connectivity index (χ3n) is 5.29. The Bertz CT molecular complexity index is 842.